The lowest BCUT2D eigenvalue weighted by Gasteiger charge is -2.33. The molecule has 4 rings (SSSR count). The molecule has 0 aliphatic rings. The molecule has 1 amide bonds. The molecule has 7 heteroatoms. The van der Waals surface area contributed by atoms with E-state index in [0.717, 1.165) is 22.3 Å². The van der Waals surface area contributed by atoms with Crippen molar-refractivity contribution in [3.05, 3.63) is 169 Å². The fourth-order valence-electron chi connectivity index (χ4n) is 4.89. The maximum absolute atomic E-state index is 12.4. The lowest BCUT2D eigenvalue weighted by Crippen LogP contribution is -2.34. The minimum Gasteiger partial charge on any atom is -0.481 e. The third-order valence-electron chi connectivity index (χ3n) is 7.44. The van der Waals surface area contributed by atoms with Crippen LogP contribution in [-0.4, -0.2) is 46.2 Å². The number of rotatable bonds is 14. The molecule has 4 N–H and O–H groups in total. The van der Waals surface area contributed by atoms with Gasteiger partial charge in [0.05, 0.1) is 18.2 Å². The summed E-state index contributed by atoms with van der Waals surface area (Å²) in [6.07, 6.45) is 3.79. The van der Waals surface area contributed by atoms with Crippen molar-refractivity contribution in [3.8, 4) is 0 Å². The van der Waals surface area contributed by atoms with Gasteiger partial charge in [-0.05, 0) is 42.1 Å². The van der Waals surface area contributed by atoms with E-state index in [4.69, 9.17) is 5.11 Å². The zero-order valence-electron chi connectivity index (χ0n) is 27.4. The Morgan fingerprint density at radius 1 is 0.660 bits per heavy atom. The number of allylic oxidation sites excluding steroid dienone is 2. The Morgan fingerprint density at radius 2 is 1.04 bits per heavy atom. The lowest BCUT2D eigenvalue weighted by molar-refractivity contribution is -0.137. The SMILES string of the molecule is C=CCCC(=O)N(C)[C@H](c1ccccc1)[C@H](O)c1ccccc1.C=CCCC(=O)O.CN[C@H](c1ccccc1)[C@H](O)c1ccccc1. The predicted molar refractivity (Wildman–Crippen MR) is 189 cm³/mol. The van der Waals surface area contributed by atoms with E-state index in [1.807, 2.05) is 128 Å². The summed E-state index contributed by atoms with van der Waals surface area (Å²) >= 11 is 0. The smallest absolute Gasteiger partial charge is 0.303 e. The Labute approximate surface area is 279 Å². The largest absolute Gasteiger partial charge is 0.481 e. The number of aliphatic hydroxyl groups is 2. The number of hydrogen-bond acceptors (Lipinski definition) is 5. The molecule has 0 aliphatic carbocycles. The molecule has 0 saturated carbocycles. The summed E-state index contributed by atoms with van der Waals surface area (Å²) in [5, 5.41) is 32.4. The Morgan fingerprint density at radius 3 is 1.43 bits per heavy atom. The summed E-state index contributed by atoms with van der Waals surface area (Å²) in [7, 11) is 3.61. The van der Waals surface area contributed by atoms with E-state index < -0.39 is 24.2 Å². The zero-order chi connectivity index (χ0) is 34.4. The number of aliphatic carboxylic acids is 1. The number of amides is 1. The van der Waals surface area contributed by atoms with Gasteiger partial charge in [0.25, 0.3) is 0 Å². The molecule has 47 heavy (non-hydrogen) atoms. The molecule has 248 valence electrons. The first-order chi connectivity index (χ1) is 22.7. The van der Waals surface area contributed by atoms with Crippen molar-refractivity contribution >= 4 is 11.9 Å². The first-order valence-electron chi connectivity index (χ1n) is 15.7. The van der Waals surface area contributed by atoms with E-state index in [0.29, 0.717) is 19.3 Å². The number of carboxylic acids is 1. The van der Waals surface area contributed by atoms with Crippen LogP contribution in [0.1, 0.15) is 72.2 Å². The molecule has 0 aliphatic heterocycles. The van der Waals surface area contributed by atoms with Gasteiger partial charge in [0.2, 0.25) is 5.91 Å². The fourth-order valence-corrected chi connectivity index (χ4v) is 4.89. The van der Waals surface area contributed by atoms with E-state index in [-0.39, 0.29) is 18.4 Å². The molecule has 0 spiro atoms. The third-order valence-corrected chi connectivity index (χ3v) is 7.44. The van der Waals surface area contributed by atoms with E-state index in [2.05, 4.69) is 18.5 Å². The van der Waals surface area contributed by atoms with Crippen LogP contribution in [-0.2, 0) is 9.59 Å². The minimum absolute atomic E-state index is 0.00580. The number of carboxylic acid groups (broad SMARTS) is 1. The third kappa shape index (κ3) is 13.2. The van der Waals surface area contributed by atoms with Crippen molar-refractivity contribution in [2.24, 2.45) is 0 Å². The van der Waals surface area contributed by atoms with Crippen LogP contribution in [0.3, 0.4) is 0 Å². The predicted octanol–water partition coefficient (Wildman–Crippen LogP) is 7.60. The highest BCUT2D eigenvalue weighted by Crippen LogP contribution is 2.34. The van der Waals surface area contributed by atoms with Crippen molar-refractivity contribution in [2.45, 2.75) is 50.0 Å². The van der Waals surface area contributed by atoms with E-state index >= 15 is 0 Å². The van der Waals surface area contributed by atoms with Crippen LogP contribution in [0.2, 0.25) is 0 Å². The Kier molecular flexibility index (Phi) is 17.8. The molecule has 0 bridgehead atoms. The van der Waals surface area contributed by atoms with E-state index in [1.54, 1.807) is 24.1 Å². The minimum atomic E-state index is -0.781. The first-order valence-corrected chi connectivity index (χ1v) is 15.7. The van der Waals surface area contributed by atoms with Gasteiger partial charge < -0.3 is 25.5 Å². The highest BCUT2D eigenvalue weighted by molar-refractivity contribution is 5.76. The summed E-state index contributed by atoms with van der Waals surface area (Å²) in [6.45, 7) is 7.03. The molecular formula is C40H48N2O5. The standard InChI is InChI=1S/C20H23NO2.C15H17NO.C5H8O2/c1-3-4-15-18(22)21(2)19(16-11-7-5-8-12-16)20(23)17-13-9-6-10-14-17;1-16-14(12-8-4-2-5-9-12)15(17)13-10-6-3-7-11-13;1-2-3-4-5(6)7/h3,5-14,19-20,23H,1,4,15H2,2H3;2-11,14-17H,1H3;2H,1,3-4H2,(H,6,7)/t19-,20-;14-,15-;/m11./s1. The van der Waals surface area contributed by atoms with Gasteiger partial charge >= 0.3 is 5.97 Å². The average Bonchev–Trinajstić information content (AvgIpc) is 3.12. The summed E-state index contributed by atoms with van der Waals surface area (Å²) < 4.78 is 0. The number of hydrogen-bond donors (Lipinski definition) is 4. The van der Waals surface area contributed by atoms with Crippen molar-refractivity contribution in [2.75, 3.05) is 14.1 Å². The molecule has 4 atom stereocenters. The molecular weight excluding hydrogens is 588 g/mol. The van der Waals surface area contributed by atoms with Crippen molar-refractivity contribution in [3.63, 3.8) is 0 Å². The quantitative estimate of drug-likeness (QED) is 0.106. The Hall–Kier alpha value is -4.82. The van der Waals surface area contributed by atoms with Gasteiger partial charge in [0, 0.05) is 19.9 Å². The highest BCUT2D eigenvalue weighted by atomic mass is 16.4. The maximum Gasteiger partial charge on any atom is 0.303 e. The molecule has 4 aromatic rings. The molecule has 4 aromatic carbocycles. The van der Waals surface area contributed by atoms with Gasteiger partial charge in [-0.25, -0.2) is 0 Å². The monoisotopic (exact) mass is 636 g/mol. The summed E-state index contributed by atoms with van der Waals surface area (Å²) in [4.78, 5) is 23.8. The normalized spacial score (nSPS) is 12.8. The number of likely N-dealkylation sites (N-methyl/N-ethyl adjacent to an activating group) is 2. The van der Waals surface area contributed by atoms with Crippen molar-refractivity contribution < 1.29 is 24.9 Å². The molecule has 0 heterocycles. The zero-order valence-corrected chi connectivity index (χ0v) is 27.4. The van der Waals surface area contributed by atoms with Crippen LogP contribution in [0.5, 0.6) is 0 Å². The fraction of sp³-hybridized carbons (Fsp3) is 0.250. The van der Waals surface area contributed by atoms with Crippen LogP contribution in [0.15, 0.2) is 147 Å². The number of aliphatic hydroxyl groups excluding tert-OH is 2. The van der Waals surface area contributed by atoms with Gasteiger partial charge in [-0.1, -0.05) is 133 Å². The highest BCUT2D eigenvalue weighted by Gasteiger charge is 2.29. The van der Waals surface area contributed by atoms with Crippen LogP contribution >= 0.6 is 0 Å². The number of carbonyl (C=O) groups excluding carboxylic acids is 1. The second-order valence-electron chi connectivity index (χ2n) is 10.8. The van der Waals surface area contributed by atoms with E-state index in [1.165, 1.54) is 0 Å². The Bertz CT molecular complexity index is 1450. The lowest BCUT2D eigenvalue weighted by atomic mass is 9.94. The Balaban J connectivity index is 0.000000280. The van der Waals surface area contributed by atoms with Gasteiger partial charge in [0.15, 0.2) is 0 Å². The average molecular weight is 637 g/mol. The number of carbonyl (C=O) groups is 2. The van der Waals surface area contributed by atoms with Gasteiger partial charge in [0.1, 0.15) is 6.10 Å². The number of nitrogens with one attached hydrogen (secondary N) is 1. The number of nitrogens with zero attached hydrogens (tertiary/aromatic N) is 1. The molecule has 0 unspecified atom stereocenters. The van der Waals surface area contributed by atoms with Crippen LogP contribution in [0, 0.1) is 0 Å². The van der Waals surface area contributed by atoms with Crippen LogP contribution < -0.4 is 5.32 Å². The first kappa shape index (κ1) is 38.4. The summed E-state index contributed by atoms with van der Waals surface area (Å²) in [6, 6.07) is 38.3. The summed E-state index contributed by atoms with van der Waals surface area (Å²) in [5.74, 6) is -0.770. The molecule has 0 radical (unpaired) electrons. The second-order valence-corrected chi connectivity index (χ2v) is 10.8. The van der Waals surface area contributed by atoms with Crippen LogP contribution in [0.4, 0.5) is 0 Å². The molecule has 7 nitrogen and oxygen atoms in total. The molecule has 0 fully saturated rings. The van der Waals surface area contributed by atoms with Gasteiger partial charge in [-0.2, -0.15) is 0 Å². The second kappa shape index (κ2) is 21.8. The maximum atomic E-state index is 12.4. The van der Waals surface area contributed by atoms with E-state index in [9.17, 15) is 19.8 Å². The topological polar surface area (TPSA) is 110 Å². The molecule has 0 aromatic heterocycles. The van der Waals surface area contributed by atoms with Gasteiger partial charge in [-0.15, -0.1) is 13.2 Å². The number of benzene rings is 4. The molecule has 0 saturated heterocycles. The van der Waals surface area contributed by atoms with Crippen LogP contribution in [0.25, 0.3) is 0 Å². The van der Waals surface area contributed by atoms with Crippen molar-refractivity contribution in [1.82, 2.24) is 10.2 Å². The van der Waals surface area contributed by atoms with Gasteiger partial charge in [-0.3, -0.25) is 9.59 Å². The van der Waals surface area contributed by atoms with Crippen molar-refractivity contribution in [1.29, 1.82) is 0 Å². The summed E-state index contributed by atoms with van der Waals surface area (Å²) in [5.41, 5.74) is 3.73.